The standard InChI is InChI=1S/C19H28O4.Ba/c1-2-3-4-5-6-7-8-12-15-19(17(20)21,18(22)23)16-13-10-9-11-14-16;/h9-11,13-14H,2-8,12,15H2,1H3,(H,20,21)(H,22,23);/q;+2/p-2. The maximum atomic E-state index is 11.6. The second-order valence-corrected chi connectivity index (χ2v) is 6.07. The summed E-state index contributed by atoms with van der Waals surface area (Å²) in [6.07, 6.45) is 8.32. The third kappa shape index (κ3) is 6.92. The second-order valence-electron chi connectivity index (χ2n) is 6.07. The predicted molar refractivity (Wildman–Crippen MR) is 91.1 cm³/mol. The van der Waals surface area contributed by atoms with Crippen molar-refractivity contribution < 1.29 is 19.8 Å². The van der Waals surface area contributed by atoms with Gasteiger partial charge in [0.2, 0.25) is 0 Å². The first-order valence-electron chi connectivity index (χ1n) is 8.54. The first kappa shape index (κ1) is 23.7. The van der Waals surface area contributed by atoms with Crippen LogP contribution in [0.2, 0.25) is 0 Å². The largest absolute Gasteiger partial charge is 2.00 e. The normalized spacial score (nSPS) is 10.9. The number of benzene rings is 1. The summed E-state index contributed by atoms with van der Waals surface area (Å²) in [6.45, 7) is 2.17. The summed E-state index contributed by atoms with van der Waals surface area (Å²) in [5.74, 6) is -3.18. The van der Waals surface area contributed by atoms with Gasteiger partial charge in [0.15, 0.2) is 0 Å². The van der Waals surface area contributed by atoms with E-state index in [0.717, 1.165) is 19.3 Å². The van der Waals surface area contributed by atoms with Crippen LogP contribution in [0.15, 0.2) is 30.3 Å². The topological polar surface area (TPSA) is 80.3 Å². The van der Waals surface area contributed by atoms with E-state index in [0.29, 0.717) is 6.42 Å². The Bertz CT molecular complexity index is 473. The van der Waals surface area contributed by atoms with Gasteiger partial charge in [-0.25, -0.2) is 0 Å². The summed E-state index contributed by atoms with van der Waals surface area (Å²) in [6, 6.07) is 8.00. The number of hydrogen-bond acceptors (Lipinski definition) is 4. The van der Waals surface area contributed by atoms with Crippen LogP contribution >= 0.6 is 0 Å². The van der Waals surface area contributed by atoms with E-state index < -0.39 is 17.4 Å². The van der Waals surface area contributed by atoms with Gasteiger partial charge >= 0.3 is 48.9 Å². The van der Waals surface area contributed by atoms with Crippen LogP contribution in [-0.4, -0.2) is 60.8 Å². The van der Waals surface area contributed by atoms with E-state index in [-0.39, 0.29) is 60.9 Å². The van der Waals surface area contributed by atoms with Gasteiger partial charge in [-0.3, -0.25) is 0 Å². The van der Waals surface area contributed by atoms with E-state index >= 15 is 0 Å². The van der Waals surface area contributed by atoms with Gasteiger partial charge in [0, 0.05) is 0 Å². The van der Waals surface area contributed by atoms with Crippen LogP contribution in [0, 0.1) is 0 Å². The molecule has 0 bridgehead atoms. The zero-order valence-corrected chi connectivity index (χ0v) is 19.0. The van der Waals surface area contributed by atoms with Crippen LogP contribution in [0.4, 0.5) is 0 Å². The smallest absolute Gasteiger partial charge is 0.549 e. The molecule has 128 valence electrons. The number of carbonyl (C=O) groups excluding carboxylic acids is 2. The van der Waals surface area contributed by atoms with E-state index in [9.17, 15) is 19.8 Å². The Labute approximate surface area is 185 Å². The number of carboxylic acids is 2. The van der Waals surface area contributed by atoms with Gasteiger partial charge in [0.05, 0.1) is 17.4 Å². The molecule has 0 fully saturated rings. The van der Waals surface area contributed by atoms with Crippen molar-refractivity contribution in [2.75, 3.05) is 0 Å². The Balaban J connectivity index is 0.00000529. The van der Waals surface area contributed by atoms with Crippen LogP contribution in [0.3, 0.4) is 0 Å². The number of carboxylic acid groups (broad SMARTS) is 2. The molecule has 0 unspecified atom stereocenters. The van der Waals surface area contributed by atoms with Gasteiger partial charge < -0.3 is 19.8 Å². The molecule has 0 N–H and O–H groups in total. The molecule has 0 atom stereocenters. The molecular formula is C19H26BaO4. The summed E-state index contributed by atoms with van der Waals surface area (Å²) in [4.78, 5) is 23.1. The quantitative estimate of drug-likeness (QED) is 0.272. The predicted octanol–water partition coefficient (Wildman–Crippen LogP) is 1.57. The molecule has 24 heavy (non-hydrogen) atoms. The van der Waals surface area contributed by atoms with Gasteiger partial charge in [0.25, 0.3) is 0 Å². The Morgan fingerprint density at radius 1 is 0.833 bits per heavy atom. The molecule has 0 amide bonds. The van der Waals surface area contributed by atoms with Gasteiger partial charge in [-0.05, 0) is 12.0 Å². The third-order valence-electron chi connectivity index (χ3n) is 4.37. The number of carbonyl (C=O) groups is 2. The van der Waals surface area contributed by atoms with Crippen LogP contribution in [0.25, 0.3) is 0 Å². The molecule has 0 aliphatic carbocycles. The van der Waals surface area contributed by atoms with Gasteiger partial charge in [-0.1, -0.05) is 88.6 Å². The molecule has 4 nitrogen and oxygen atoms in total. The van der Waals surface area contributed by atoms with Crippen molar-refractivity contribution >= 4 is 60.8 Å². The van der Waals surface area contributed by atoms with Crippen molar-refractivity contribution in [2.45, 2.75) is 70.1 Å². The Kier molecular flexibility index (Phi) is 12.9. The third-order valence-corrected chi connectivity index (χ3v) is 4.37. The zero-order valence-electron chi connectivity index (χ0n) is 14.6. The first-order valence-corrected chi connectivity index (χ1v) is 8.54. The maximum absolute atomic E-state index is 11.6. The molecule has 1 aromatic carbocycles. The Morgan fingerprint density at radius 2 is 1.29 bits per heavy atom. The number of unbranched alkanes of at least 4 members (excludes halogenated alkanes) is 7. The molecule has 0 heterocycles. The minimum Gasteiger partial charge on any atom is -0.549 e. The van der Waals surface area contributed by atoms with Gasteiger partial charge in [-0.2, -0.15) is 0 Å². The molecule has 0 saturated carbocycles. The molecule has 0 aromatic heterocycles. The average molecular weight is 456 g/mol. The molecule has 1 rings (SSSR count). The zero-order chi connectivity index (χ0) is 17.1. The van der Waals surface area contributed by atoms with Gasteiger partial charge in [0.1, 0.15) is 0 Å². The molecule has 0 aliphatic rings. The Hall–Kier alpha value is -0.269. The molecule has 1 aromatic rings. The van der Waals surface area contributed by atoms with E-state index in [2.05, 4.69) is 6.92 Å². The fraction of sp³-hybridized carbons (Fsp3) is 0.579. The van der Waals surface area contributed by atoms with Crippen LogP contribution < -0.4 is 10.2 Å². The average Bonchev–Trinajstić information content (AvgIpc) is 2.54. The molecule has 0 radical (unpaired) electrons. The van der Waals surface area contributed by atoms with E-state index in [1.807, 2.05) is 0 Å². The minimum atomic E-state index is -2.05. The van der Waals surface area contributed by atoms with Gasteiger partial charge in [-0.15, -0.1) is 0 Å². The molecule has 0 spiro atoms. The van der Waals surface area contributed by atoms with Crippen molar-refractivity contribution in [2.24, 2.45) is 0 Å². The van der Waals surface area contributed by atoms with Crippen molar-refractivity contribution in [1.82, 2.24) is 0 Å². The van der Waals surface area contributed by atoms with Crippen molar-refractivity contribution in [1.29, 1.82) is 0 Å². The van der Waals surface area contributed by atoms with E-state index in [4.69, 9.17) is 0 Å². The number of rotatable bonds is 12. The molecule has 0 saturated heterocycles. The first-order chi connectivity index (χ1) is 11.1. The van der Waals surface area contributed by atoms with Crippen molar-refractivity contribution in [3.63, 3.8) is 0 Å². The SMILES string of the molecule is CCCCCCCCCCC(C(=O)[O-])(C(=O)[O-])c1ccccc1.[Ba+2]. The van der Waals surface area contributed by atoms with Crippen molar-refractivity contribution in [3.05, 3.63) is 35.9 Å². The number of hydrogen-bond donors (Lipinski definition) is 0. The minimum absolute atomic E-state index is 0. The van der Waals surface area contributed by atoms with Crippen molar-refractivity contribution in [3.8, 4) is 0 Å². The summed E-state index contributed by atoms with van der Waals surface area (Å²) < 4.78 is 0. The van der Waals surface area contributed by atoms with Crippen LogP contribution in [0.1, 0.15) is 70.3 Å². The summed E-state index contributed by atoms with van der Waals surface area (Å²) in [5.41, 5.74) is -1.83. The number of aliphatic carboxylic acids is 2. The van der Waals surface area contributed by atoms with E-state index in [1.54, 1.807) is 18.2 Å². The molecule has 0 aliphatic heterocycles. The Morgan fingerprint density at radius 3 is 1.75 bits per heavy atom. The second kappa shape index (κ2) is 13.0. The molecule has 5 heteroatoms. The summed E-state index contributed by atoms with van der Waals surface area (Å²) in [5, 5.41) is 23.1. The van der Waals surface area contributed by atoms with E-state index in [1.165, 1.54) is 37.8 Å². The van der Waals surface area contributed by atoms with Crippen LogP contribution in [0.5, 0.6) is 0 Å². The van der Waals surface area contributed by atoms with Crippen LogP contribution in [-0.2, 0) is 15.0 Å². The maximum Gasteiger partial charge on any atom is 2.00 e. The summed E-state index contributed by atoms with van der Waals surface area (Å²) in [7, 11) is 0. The fourth-order valence-electron chi connectivity index (χ4n) is 2.91. The summed E-state index contributed by atoms with van der Waals surface area (Å²) >= 11 is 0. The monoisotopic (exact) mass is 456 g/mol. The fourth-order valence-corrected chi connectivity index (χ4v) is 2.91. The molecular weight excluding hydrogens is 430 g/mol.